The molecule has 12 heteroatoms. The Morgan fingerprint density at radius 1 is 1.00 bits per heavy atom. The van der Waals surface area contributed by atoms with Crippen LogP contribution in [0.5, 0.6) is 5.88 Å². The summed E-state index contributed by atoms with van der Waals surface area (Å²) in [6.07, 6.45) is 6.28. The average molecular weight is 673 g/mol. The first-order valence-electron chi connectivity index (χ1n) is 17.3. The number of rotatable bonds is 8. The SMILES string of the molecule is Cc1nnc(-c2ccc(C3=CCN(C(=O)CN4CC[C@]5(CCN(c6ccc7[nH]nc(-c8ccc(OC(C)C)nc8)c7c6)C5=O)C4)CC3)cc2)o1. The number of likely N-dealkylation sites (tertiary alicyclic amines) is 1. The molecule has 256 valence electrons. The number of pyridine rings is 1. The highest BCUT2D eigenvalue weighted by Gasteiger charge is 2.51. The lowest BCUT2D eigenvalue weighted by Crippen LogP contribution is -2.43. The molecule has 2 aromatic carbocycles. The predicted molar refractivity (Wildman–Crippen MR) is 189 cm³/mol. The van der Waals surface area contributed by atoms with E-state index in [1.807, 2.05) is 66.1 Å². The number of nitrogens with zero attached hydrogens (tertiary/aromatic N) is 7. The number of fused-ring (bicyclic) bond motifs is 1. The Kier molecular flexibility index (Phi) is 8.18. The number of aromatic nitrogens is 5. The number of carbonyl (C=O) groups excluding carboxylic acids is 2. The van der Waals surface area contributed by atoms with E-state index in [4.69, 9.17) is 9.15 Å². The standard InChI is InChI=1S/C38H40N8O4/c1-24(2)49-33-11-8-29(21-39-33)35-31-20-30(9-10-32(31)41-42-35)46-19-15-38(37(46)48)14-18-44(23-38)22-34(47)45-16-12-27(13-17-45)26-4-6-28(7-5-26)36-43-40-25(3)50-36/h4-12,20-21,24H,13-19,22-23H2,1-3H3,(H,41,42)/t38-/m0/s1. The lowest BCUT2D eigenvalue weighted by atomic mass is 9.85. The highest BCUT2D eigenvalue weighted by Crippen LogP contribution is 2.43. The van der Waals surface area contributed by atoms with E-state index in [1.165, 1.54) is 5.57 Å². The first-order chi connectivity index (χ1) is 24.2. The summed E-state index contributed by atoms with van der Waals surface area (Å²) >= 11 is 0. The van der Waals surface area contributed by atoms with Crippen molar-refractivity contribution in [1.29, 1.82) is 0 Å². The van der Waals surface area contributed by atoms with Crippen LogP contribution in [0.4, 0.5) is 5.69 Å². The maximum Gasteiger partial charge on any atom is 0.247 e. The number of aromatic amines is 1. The zero-order chi connectivity index (χ0) is 34.4. The van der Waals surface area contributed by atoms with Crippen molar-refractivity contribution in [2.45, 2.75) is 46.1 Å². The molecule has 0 aliphatic carbocycles. The van der Waals surface area contributed by atoms with Crippen molar-refractivity contribution in [1.82, 2.24) is 35.2 Å². The molecular formula is C38H40N8O4. The molecule has 12 nitrogen and oxygen atoms in total. The molecule has 50 heavy (non-hydrogen) atoms. The molecule has 1 atom stereocenters. The summed E-state index contributed by atoms with van der Waals surface area (Å²) in [5.74, 6) is 1.87. The van der Waals surface area contributed by atoms with E-state index in [9.17, 15) is 9.59 Å². The lowest BCUT2D eigenvalue weighted by Gasteiger charge is -2.29. The van der Waals surface area contributed by atoms with Crippen LogP contribution in [-0.2, 0) is 9.59 Å². The zero-order valence-corrected chi connectivity index (χ0v) is 28.6. The van der Waals surface area contributed by atoms with Gasteiger partial charge in [0.25, 0.3) is 0 Å². The van der Waals surface area contributed by atoms with Gasteiger partial charge in [-0.25, -0.2) is 4.98 Å². The van der Waals surface area contributed by atoms with E-state index in [1.54, 1.807) is 13.1 Å². The van der Waals surface area contributed by atoms with Gasteiger partial charge in [0.1, 0.15) is 5.69 Å². The number of aryl methyl sites for hydroxylation is 1. The average Bonchev–Trinajstić information content (AvgIpc) is 3.92. The molecule has 8 rings (SSSR count). The Hall–Kier alpha value is -5.36. The van der Waals surface area contributed by atoms with Crippen LogP contribution in [0.1, 0.15) is 44.6 Å². The predicted octanol–water partition coefficient (Wildman–Crippen LogP) is 5.52. The Bertz CT molecular complexity index is 2080. The second-order valence-electron chi connectivity index (χ2n) is 13.8. The van der Waals surface area contributed by atoms with Gasteiger partial charge in [-0.15, -0.1) is 10.2 Å². The second-order valence-corrected chi connectivity index (χ2v) is 13.8. The maximum atomic E-state index is 14.0. The molecule has 5 aromatic rings. The van der Waals surface area contributed by atoms with Crippen LogP contribution < -0.4 is 9.64 Å². The normalized spacial score (nSPS) is 19.7. The van der Waals surface area contributed by atoms with Crippen LogP contribution in [0.15, 0.2) is 71.3 Å². The number of nitrogens with one attached hydrogen (secondary N) is 1. The van der Waals surface area contributed by atoms with Crippen molar-refractivity contribution in [3.63, 3.8) is 0 Å². The van der Waals surface area contributed by atoms with Gasteiger partial charge in [0, 0.05) is 67.6 Å². The second kappa shape index (κ2) is 12.8. The molecule has 2 fully saturated rings. The summed E-state index contributed by atoms with van der Waals surface area (Å²) in [4.78, 5) is 37.9. The first-order valence-corrected chi connectivity index (χ1v) is 17.3. The van der Waals surface area contributed by atoms with Crippen LogP contribution in [0.25, 0.3) is 39.2 Å². The lowest BCUT2D eigenvalue weighted by molar-refractivity contribution is -0.132. The zero-order valence-electron chi connectivity index (χ0n) is 28.6. The van der Waals surface area contributed by atoms with Crippen molar-refractivity contribution in [2.75, 3.05) is 44.2 Å². The molecule has 2 saturated heterocycles. The minimum Gasteiger partial charge on any atom is -0.475 e. The number of hydrogen-bond donors (Lipinski definition) is 1. The molecule has 3 aromatic heterocycles. The molecule has 1 N–H and O–H groups in total. The van der Waals surface area contributed by atoms with Gasteiger partial charge in [0.15, 0.2) is 0 Å². The molecule has 0 unspecified atom stereocenters. The molecule has 0 bridgehead atoms. The van der Waals surface area contributed by atoms with Crippen molar-refractivity contribution in [2.24, 2.45) is 5.41 Å². The van der Waals surface area contributed by atoms with Gasteiger partial charge in [-0.05, 0) is 87.2 Å². The molecular weight excluding hydrogens is 632 g/mol. The topological polar surface area (TPSA) is 134 Å². The third kappa shape index (κ3) is 6.04. The van der Waals surface area contributed by atoms with Crippen LogP contribution in [-0.4, -0.2) is 92.4 Å². The number of benzene rings is 2. The van der Waals surface area contributed by atoms with Crippen LogP contribution in [0.2, 0.25) is 0 Å². The Labute approximate surface area is 290 Å². The summed E-state index contributed by atoms with van der Waals surface area (Å²) in [6.45, 7) is 9.28. The van der Waals surface area contributed by atoms with Crippen LogP contribution >= 0.6 is 0 Å². The van der Waals surface area contributed by atoms with Crippen LogP contribution in [0.3, 0.4) is 0 Å². The van der Waals surface area contributed by atoms with E-state index >= 15 is 0 Å². The van der Waals surface area contributed by atoms with Gasteiger partial charge in [-0.2, -0.15) is 5.10 Å². The highest BCUT2D eigenvalue weighted by molar-refractivity contribution is 6.03. The number of ether oxygens (including phenoxy) is 1. The van der Waals surface area contributed by atoms with Crippen molar-refractivity contribution in [3.8, 4) is 28.6 Å². The van der Waals surface area contributed by atoms with Crippen LogP contribution in [0, 0.1) is 12.3 Å². The number of carbonyl (C=O) groups is 2. The Morgan fingerprint density at radius 3 is 2.52 bits per heavy atom. The summed E-state index contributed by atoms with van der Waals surface area (Å²) in [7, 11) is 0. The van der Waals surface area contributed by atoms with Gasteiger partial charge in [0.2, 0.25) is 29.5 Å². The fourth-order valence-electron chi connectivity index (χ4n) is 7.45. The van der Waals surface area contributed by atoms with E-state index in [0.717, 1.165) is 64.8 Å². The largest absolute Gasteiger partial charge is 0.475 e. The summed E-state index contributed by atoms with van der Waals surface area (Å²) in [5.41, 5.74) is 6.19. The minimum atomic E-state index is -0.467. The van der Waals surface area contributed by atoms with E-state index < -0.39 is 5.41 Å². The third-order valence-electron chi connectivity index (χ3n) is 10.1. The molecule has 1 spiro atoms. The first kappa shape index (κ1) is 31.9. The van der Waals surface area contributed by atoms with Gasteiger partial charge < -0.3 is 19.0 Å². The third-order valence-corrected chi connectivity index (χ3v) is 10.1. The van der Waals surface area contributed by atoms with Gasteiger partial charge in [-0.1, -0.05) is 18.2 Å². The van der Waals surface area contributed by atoms with Crippen molar-refractivity contribution >= 4 is 34.0 Å². The van der Waals surface area contributed by atoms with Gasteiger partial charge in [-0.3, -0.25) is 19.6 Å². The Balaban J connectivity index is 0.889. The quantitative estimate of drug-likeness (QED) is 0.226. The summed E-state index contributed by atoms with van der Waals surface area (Å²) < 4.78 is 11.2. The number of anilines is 1. The van der Waals surface area contributed by atoms with E-state index in [2.05, 4.69) is 48.5 Å². The molecule has 2 amide bonds. The minimum absolute atomic E-state index is 0.0439. The number of amides is 2. The number of H-pyrrole nitrogens is 1. The Morgan fingerprint density at radius 2 is 1.80 bits per heavy atom. The monoisotopic (exact) mass is 672 g/mol. The van der Waals surface area contributed by atoms with Crippen molar-refractivity contribution in [3.05, 3.63) is 78.3 Å². The molecule has 3 aliphatic heterocycles. The summed E-state index contributed by atoms with van der Waals surface area (Å²) in [5, 5.41) is 16.6. The highest BCUT2D eigenvalue weighted by atomic mass is 16.5. The molecule has 0 saturated carbocycles. The van der Waals surface area contributed by atoms with Gasteiger partial charge >= 0.3 is 0 Å². The van der Waals surface area contributed by atoms with E-state index in [0.29, 0.717) is 50.4 Å². The maximum absolute atomic E-state index is 14.0. The number of hydrogen-bond acceptors (Lipinski definition) is 9. The van der Waals surface area contributed by atoms with Gasteiger partial charge in [0.05, 0.1) is 23.6 Å². The fraction of sp³-hybridized carbons (Fsp3) is 0.368. The molecule has 0 radical (unpaired) electrons. The van der Waals surface area contributed by atoms with E-state index in [-0.39, 0.29) is 17.9 Å². The smallest absolute Gasteiger partial charge is 0.247 e. The molecule has 6 heterocycles. The fourth-order valence-corrected chi connectivity index (χ4v) is 7.45. The summed E-state index contributed by atoms with van der Waals surface area (Å²) in [6, 6.07) is 17.9. The molecule has 3 aliphatic rings. The van der Waals surface area contributed by atoms with Crippen molar-refractivity contribution < 1.29 is 18.7 Å².